The number of aliphatic imine (C=N–C) groups is 1. The minimum absolute atomic E-state index is 0.0202. The lowest BCUT2D eigenvalue weighted by atomic mass is 9.83. The second kappa shape index (κ2) is 6.84. The molecule has 1 aromatic carbocycles. The lowest BCUT2D eigenvalue weighted by Gasteiger charge is -2.33. The Labute approximate surface area is 166 Å². The van der Waals surface area contributed by atoms with Crippen molar-refractivity contribution >= 4 is 27.7 Å². The van der Waals surface area contributed by atoms with Crippen molar-refractivity contribution in [2.24, 2.45) is 16.6 Å². The average Bonchev–Trinajstić information content (AvgIpc) is 3.42. The van der Waals surface area contributed by atoms with Gasteiger partial charge in [-0.05, 0) is 40.0 Å². The van der Waals surface area contributed by atoms with Gasteiger partial charge >= 0.3 is 0 Å². The maximum atomic E-state index is 14.6. The molecule has 0 spiro atoms. The Balaban J connectivity index is 1.70. The van der Waals surface area contributed by atoms with Crippen molar-refractivity contribution in [3.8, 4) is 0 Å². The number of ketones is 1. The molecule has 3 atom stereocenters. The molecule has 0 unspecified atom stereocenters. The molecule has 1 aliphatic carbocycles. The zero-order valence-corrected chi connectivity index (χ0v) is 15.9. The number of rotatable bonds is 5. The number of fused-ring (bicyclic) bond motifs is 1. The van der Waals surface area contributed by atoms with Crippen LogP contribution in [0.5, 0.6) is 0 Å². The third kappa shape index (κ3) is 3.15. The predicted octanol–water partition coefficient (Wildman–Crippen LogP) is 3.00. The molecule has 146 valence electrons. The summed E-state index contributed by atoms with van der Waals surface area (Å²) in [6.45, 7) is 0. The zero-order valence-electron chi connectivity index (χ0n) is 14.3. The van der Waals surface area contributed by atoms with Crippen molar-refractivity contribution in [3.63, 3.8) is 0 Å². The number of benzene rings is 1. The third-order valence-corrected chi connectivity index (χ3v) is 5.30. The standard InChI is InChI=1S/C18H14BrF3N4O2/c19-9-6-24-15(25-7-9)13(27)4-8-1-2-12(20)10(3-8)18(16(21)22)11-5-14(11)28-17(23)26-18/h1-3,6-7,11,14,16H,4-5H2,(H2,23,26)/t11-,14+,18+/m0/s1. The highest BCUT2D eigenvalue weighted by Gasteiger charge is 2.64. The summed E-state index contributed by atoms with van der Waals surface area (Å²) >= 11 is 3.17. The summed E-state index contributed by atoms with van der Waals surface area (Å²) in [7, 11) is 0. The molecule has 1 aromatic heterocycles. The van der Waals surface area contributed by atoms with Crippen molar-refractivity contribution < 1.29 is 22.7 Å². The van der Waals surface area contributed by atoms with Crippen LogP contribution in [0.2, 0.25) is 0 Å². The Morgan fingerprint density at radius 3 is 2.75 bits per heavy atom. The Morgan fingerprint density at radius 1 is 1.36 bits per heavy atom. The quantitative estimate of drug-likeness (QED) is 0.701. The van der Waals surface area contributed by atoms with Gasteiger partial charge in [-0.1, -0.05) is 6.07 Å². The Kier molecular flexibility index (Phi) is 4.60. The molecule has 6 nitrogen and oxygen atoms in total. The van der Waals surface area contributed by atoms with Crippen LogP contribution < -0.4 is 5.73 Å². The largest absolute Gasteiger partial charge is 0.462 e. The van der Waals surface area contributed by atoms with Gasteiger partial charge in [0.05, 0.1) is 4.47 Å². The van der Waals surface area contributed by atoms with Crippen LogP contribution >= 0.6 is 15.9 Å². The minimum atomic E-state index is -2.99. The summed E-state index contributed by atoms with van der Waals surface area (Å²) in [5, 5.41) is 0. The predicted molar refractivity (Wildman–Crippen MR) is 96.5 cm³/mol. The Bertz CT molecular complexity index is 970. The van der Waals surface area contributed by atoms with E-state index in [0.29, 0.717) is 16.5 Å². The maximum Gasteiger partial charge on any atom is 0.283 e. The first-order chi connectivity index (χ1) is 13.3. The van der Waals surface area contributed by atoms with E-state index in [2.05, 4.69) is 30.9 Å². The molecule has 4 rings (SSSR count). The fourth-order valence-corrected chi connectivity index (χ4v) is 3.71. The van der Waals surface area contributed by atoms with Crippen molar-refractivity contribution in [2.45, 2.75) is 30.9 Å². The SMILES string of the molecule is NC1=N[C@@](c2cc(CC(=O)c3ncc(Br)cn3)ccc2F)(C(F)F)[C@H]2C[C@H]2O1. The van der Waals surface area contributed by atoms with Gasteiger partial charge in [-0.3, -0.25) is 4.79 Å². The number of nitrogens with two attached hydrogens (primary N) is 1. The van der Waals surface area contributed by atoms with E-state index in [-0.39, 0.29) is 23.8 Å². The first kappa shape index (κ1) is 18.9. The van der Waals surface area contributed by atoms with Crippen LogP contribution in [0, 0.1) is 11.7 Å². The summed E-state index contributed by atoms with van der Waals surface area (Å²) < 4.78 is 48.6. The van der Waals surface area contributed by atoms with Crippen LogP contribution in [0.1, 0.15) is 28.2 Å². The summed E-state index contributed by atoms with van der Waals surface area (Å²) in [4.78, 5) is 24.0. The van der Waals surface area contributed by atoms with Crippen LogP contribution in [-0.4, -0.2) is 34.3 Å². The van der Waals surface area contributed by atoms with Gasteiger partial charge in [0.15, 0.2) is 11.4 Å². The molecule has 0 radical (unpaired) electrons. The number of alkyl halides is 2. The summed E-state index contributed by atoms with van der Waals surface area (Å²) in [5.74, 6) is -1.95. The molecule has 28 heavy (non-hydrogen) atoms. The van der Waals surface area contributed by atoms with Gasteiger partial charge in [-0.25, -0.2) is 28.1 Å². The number of aromatic nitrogens is 2. The third-order valence-electron chi connectivity index (χ3n) is 4.89. The number of hydrogen-bond acceptors (Lipinski definition) is 6. The van der Waals surface area contributed by atoms with Crippen LogP contribution in [-0.2, 0) is 16.7 Å². The van der Waals surface area contributed by atoms with Crippen LogP contribution in [0.4, 0.5) is 13.2 Å². The molecule has 1 fully saturated rings. The molecule has 0 saturated heterocycles. The monoisotopic (exact) mass is 454 g/mol. The lowest BCUT2D eigenvalue weighted by molar-refractivity contribution is 0.0176. The van der Waals surface area contributed by atoms with Crippen molar-refractivity contribution in [3.05, 3.63) is 57.8 Å². The Hall–Kier alpha value is -2.49. The zero-order chi connectivity index (χ0) is 20.1. The van der Waals surface area contributed by atoms with E-state index in [4.69, 9.17) is 10.5 Å². The number of nitrogens with zero attached hydrogens (tertiary/aromatic N) is 3. The number of Topliss-reactive ketones (excluding diaryl/α,β-unsaturated/α-hetero) is 1. The number of ether oxygens (including phenoxy) is 1. The summed E-state index contributed by atoms with van der Waals surface area (Å²) in [5.41, 5.74) is 3.50. The van der Waals surface area contributed by atoms with E-state index >= 15 is 0 Å². The lowest BCUT2D eigenvalue weighted by Crippen LogP contribution is -2.43. The molecule has 2 aliphatic rings. The molecule has 0 bridgehead atoms. The number of hydrogen-bond donors (Lipinski definition) is 1. The highest BCUT2D eigenvalue weighted by Crippen LogP contribution is 2.56. The van der Waals surface area contributed by atoms with Crippen LogP contribution in [0.25, 0.3) is 0 Å². The average molecular weight is 455 g/mol. The molecule has 2 aromatic rings. The fourth-order valence-electron chi connectivity index (χ4n) is 3.51. The van der Waals surface area contributed by atoms with Crippen molar-refractivity contribution in [1.29, 1.82) is 0 Å². The molecule has 1 aliphatic heterocycles. The van der Waals surface area contributed by atoms with Gasteiger partial charge in [-0.15, -0.1) is 0 Å². The van der Waals surface area contributed by atoms with Gasteiger partial charge in [0.25, 0.3) is 12.4 Å². The molecule has 2 heterocycles. The number of halogens is 4. The normalized spacial score (nSPS) is 25.7. The van der Waals surface area contributed by atoms with E-state index in [9.17, 15) is 18.0 Å². The highest BCUT2D eigenvalue weighted by atomic mass is 79.9. The maximum absolute atomic E-state index is 14.6. The number of carbonyl (C=O) groups is 1. The first-order valence-corrected chi connectivity index (χ1v) is 9.20. The summed E-state index contributed by atoms with van der Waals surface area (Å²) in [6.07, 6.45) is -0.501. The molecule has 10 heteroatoms. The van der Waals surface area contributed by atoms with Gasteiger partial charge < -0.3 is 10.5 Å². The van der Waals surface area contributed by atoms with Crippen molar-refractivity contribution in [2.75, 3.05) is 0 Å². The van der Waals surface area contributed by atoms with Gasteiger partial charge in [-0.2, -0.15) is 0 Å². The number of amidine groups is 1. The molecular weight excluding hydrogens is 441 g/mol. The molecule has 0 amide bonds. The minimum Gasteiger partial charge on any atom is -0.462 e. The van der Waals surface area contributed by atoms with Gasteiger partial charge in [0.1, 0.15) is 11.9 Å². The van der Waals surface area contributed by atoms with E-state index in [0.717, 1.165) is 6.07 Å². The molecule has 1 saturated carbocycles. The Morgan fingerprint density at radius 2 is 2.07 bits per heavy atom. The second-order valence-corrected chi connectivity index (χ2v) is 7.63. The topological polar surface area (TPSA) is 90.5 Å². The second-order valence-electron chi connectivity index (χ2n) is 6.71. The number of carbonyl (C=O) groups excluding carboxylic acids is 1. The van der Waals surface area contributed by atoms with Gasteiger partial charge in [0.2, 0.25) is 5.78 Å². The van der Waals surface area contributed by atoms with Gasteiger partial charge in [0, 0.05) is 30.3 Å². The first-order valence-electron chi connectivity index (χ1n) is 8.41. The van der Waals surface area contributed by atoms with E-state index < -0.39 is 35.6 Å². The van der Waals surface area contributed by atoms with Crippen LogP contribution in [0.15, 0.2) is 40.1 Å². The summed E-state index contributed by atoms with van der Waals surface area (Å²) in [6, 6.07) is 3.29. The van der Waals surface area contributed by atoms with Crippen molar-refractivity contribution in [1.82, 2.24) is 9.97 Å². The highest BCUT2D eigenvalue weighted by molar-refractivity contribution is 9.10. The van der Waals surface area contributed by atoms with E-state index in [1.54, 1.807) is 0 Å². The molecular formula is C18H14BrF3N4O2. The van der Waals surface area contributed by atoms with Crippen LogP contribution in [0.3, 0.4) is 0 Å². The molecule has 2 N–H and O–H groups in total. The van der Waals surface area contributed by atoms with E-state index in [1.807, 2.05) is 0 Å². The fraction of sp³-hybridized carbons (Fsp3) is 0.333. The smallest absolute Gasteiger partial charge is 0.283 e. The van der Waals surface area contributed by atoms with E-state index in [1.165, 1.54) is 24.5 Å².